The van der Waals surface area contributed by atoms with Gasteiger partial charge in [-0.1, -0.05) is 6.92 Å². The van der Waals surface area contributed by atoms with E-state index in [0.717, 1.165) is 19.5 Å². The lowest BCUT2D eigenvalue weighted by Gasteiger charge is -2.36. The fraction of sp³-hybridized carbons (Fsp3) is 0.538. The van der Waals surface area contributed by atoms with Crippen LogP contribution in [0, 0.1) is 5.92 Å². The molecule has 0 spiro atoms. The number of nitrogens with one attached hydrogen (secondary N) is 1. The molecule has 92 valence electrons. The monoisotopic (exact) mass is 233 g/mol. The number of hydrogen-bond acceptors (Lipinski definition) is 3. The molecule has 1 aromatic heterocycles. The van der Waals surface area contributed by atoms with Crippen molar-refractivity contribution < 1.29 is 4.79 Å². The molecule has 0 aliphatic carbocycles. The summed E-state index contributed by atoms with van der Waals surface area (Å²) >= 11 is 0. The van der Waals surface area contributed by atoms with E-state index in [1.807, 2.05) is 18.0 Å². The van der Waals surface area contributed by atoms with Gasteiger partial charge in [0.05, 0.1) is 5.56 Å². The van der Waals surface area contributed by atoms with Gasteiger partial charge in [-0.2, -0.15) is 0 Å². The molecule has 1 aliphatic rings. The van der Waals surface area contributed by atoms with Crippen molar-refractivity contribution in [1.82, 2.24) is 15.2 Å². The van der Waals surface area contributed by atoms with Crippen molar-refractivity contribution in [3.63, 3.8) is 0 Å². The SMILES string of the molecule is CNC1CCN(C(=O)c2cccnc2)CC1C. The summed E-state index contributed by atoms with van der Waals surface area (Å²) in [6, 6.07) is 4.15. The molecule has 1 fully saturated rings. The summed E-state index contributed by atoms with van der Waals surface area (Å²) in [6.07, 6.45) is 4.34. The van der Waals surface area contributed by atoms with Crippen LogP contribution >= 0.6 is 0 Å². The van der Waals surface area contributed by atoms with Crippen LogP contribution in [0.4, 0.5) is 0 Å². The van der Waals surface area contributed by atoms with E-state index in [4.69, 9.17) is 0 Å². The van der Waals surface area contributed by atoms with E-state index in [1.54, 1.807) is 18.5 Å². The van der Waals surface area contributed by atoms with E-state index in [2.05, 4.69) is 17.2 Å². The molecule has 0 bridgehead atoms. The molecule has 4 nitrogen and oxygen atoms in total. The van der Waals surface area contributed by atoms with Crippen molar-refractivity contribution in [2.45, 2.75) is 19.4 Å². The normalized spacial score (nSPS) is 24.7. The lowest BCUT2D eigenvalue weighted by molar-refractivity contribution is 0.0649. The summed E-state index contributed by atoms with van der Waals surface area (Å²) < 4.78 is 0. The van der Waals surface area contributed by atoms with E-state index in [1.165, 1.54) is 0 Å². The highest BCUT2D eigenvalue weighted by Crippen LogP contribution is 2.18. The molecule has 1 aromatic rings. The van der Waals surface area contributed by atoms with Crippen LogP contribution in [0.5, 0.6) is 0 Å². The smallest absolute Gasteiger partial charge is 0.255 e. The van der Waals surface area contributed by atoms with Gasteiger partial charge in [0.2, 0.25) is 0 Å². The summed E-state index contributed by atoms with van der Waals surface area (Å²) in [5.74, 6) is 0.592. The molecule has 4 heteroatoms. The van der Waals surface area contributed by atoms with E-state index in [9.17, 15) is 4.79 Å². The number of aromatic nitrogens is 1. The minimum Gasteiger partial charge on any atom is -0.338 e. The maximum Gasteiger partial charge on any atom is 0.255 e. The zero-order valence-electron chi connectivity index (χ0n) is 10.4. The Kier molecular flexibility index (Phi) is 3.74. The van der Waals surface area contributed by atoms with Gasteiger partial charge in [0, 0.05) is 31.5 Å². The van der Waals surface area contributed by atoms with Crippen LogP contribution < -0.4 is 5.32 Å². The van der Waals surface area contributed by atoms with Gasteiger partial charge in [0.1, 0.15) is 0 Å². The first-order chi connectivity index (χ1) is 8.22. The van der Waals surface area contributed by atoms with Crippen molar-refractivity contribution in [3.05, 3.63) is 30.1 Å². The Labute approximate surface area is 102 Å². The number of amides is 1. The Morgan fingerprint density at radius 3 is 3.00 bits per heavy atom. The molecule has 1 amide bonds. The van der Waals surface area contributed by atoms with Gasteiger partial charge in [-0.3, -0.25) is 9.78 Å². The number of piperidine rings is 1. The van der Waals surface area contributed by atoms with Gasteiger partial charge < -0.3 is 10.2 Å². The highest BCUT2D eigenvalue weighted by Gasteiger charge is 2.27. The number of hydrogen-bond donors (Lipinski definition) is 1. The van der Waals surface area contributed by atoms with Crippen LogP contribution in [0.15, 0.2) is 24.5 Å². The highest BCUT2D eigenvalue weighted by atomic mass is 16.2. The Bertz CT molecular complexity index is 380. The number of carbonyl (C=O) groups is 1. The van der Waals surface area contributed by atoms with Crippen molar-refractivity contribution in [1.29, 1.82) is 0 Å². The Hall–Kier alpha value is -1.42. The molecule has 1 aliphatic heterocycles. The van der Waals surface area contributed by atoms with E-state index >= 15 is 0 Å². The predicted octanol–water partition coefficient (Wildman–Crippen LogP) is 1.15. The van der Waals surface area contributed by atoms with Gasteiger partial charge in [0.25, 0.3) is 5.91 Å². The molecular weight excluding hydrogens is 214 g/mol. The maximum atomic E-state index is 12.2. The average Bonchev–Trinajstić information content (AvgIpc) is 2.39. The summed E-state index contributed by atoms with van der Waals surface area (Å²) in [7, 11) is 1.99. The van der Waals surface area contributed by atoms with Crippen LogP contribution in [0.2, 0.25) is 0 Å². The Morgan fingerprint density at radius 2 is 2.41 bits per heavy atom. The minimum absolute atomic E-state index is 0.0968. The molecule has 2 rings (SSSR count). The molecule has 17 heavy (non-hydrogen) atoms. The maximum absolute atomic E-state index is 12.2. The fourth-order valence-corrected chi connectivity index (χ4v) is 2.43. The van der Waals surface area contributed by atoms with Crippen molar-refractivity contribution in [3.8, 4) is 0 Å². The first-order valence-corrected chi connectivity index (χ1v) is 6.09. The van der Waals surface area contributed by atoms with Crippen molar-refractivity contribution in [2.75, 3.05) is 20.1 Å². The third kappa shape index (κ3) is 2.64. The van der Waals surface area contributed by atoms with Crippen LogP contribution in [-0.4, -0.2) is 42.0 Å². The van der Waals surface area contributed by atoms with Crippen LogP contribution in [0.3, 0.4) is 0 Å². The molecular formula is C13H19N3O. The van der Waals surface area contributed by atoms with Crippen LogP contribution in [-0.2, 0) is 0 Å². The fourth-order valence-electron chi connectivity index (χ4n) is 2.43. The standard InChI is InChI=1S/C13H19N3O/c1-10-9-16(7-5-12(10)14-2)13(17)11-4-3-6-15-8-11/h3-4,6,8,10,12,14H,5,7,9H2,1-2H3. The topological polar surface area (TPSA) is 45.2 Å². The molecule has 1 N–H and O–H groups in total. The quantitative estimate of drug-likeness (QED) is 0.833. The zero-order chi connectivity index (χ0) is 12.3. The molecule has 0 saturated carbocycles. The van der Waals surface area contributed by atoms with E-state index in [0.29, 0.717) is 17.5 Å². The molecule has 2 unspecified atom stereocenters. The van der Waals surface area contributed by atoms with Crippen molar-refractivity contribution in [2.24, 2.45) is 5.92 Å². The summed E-state index contributed by atoms with van der Waals surface area (Å²) in [4.78, 5) is 18.1. The highest BCUT2D eigenvalue weighted by molar-refractivity contribution is 5.93. The van der Waals surface area contributed by atoms with Crippen LogP contribution in [0.25, 0.3) is 0 Å². The third-order valence-corrected chi connectivity index (χ3v) is 3.47. The van der Waals surface area contributed by atoms with E-state index in [-0.39, 0.29) is 5.91 Å². The number of pyridine rings is 1. The van der Waals surface area contributed by atoms with Gasteiger partial charge in [-0.15, -0.1) is 0 Å². The van der Waals surface area contributed by atoms with Gasteiger partial charge in [0.15, 0.2) is 0 Å². The molecule has 2 heterocycles. The first-order valence-electron chi connectivity index (χ1n) is 6.09. The molecule has 0 radical (unpaired) electrons. The largest absolute Gasteiger partial charge is 0.338 e. The second-order valence-corrected chi connectivity index (χ2v) is 4.65. The van der Waals surface area contributed by atoms with Crippen LogP contribution in [0.1, 0.15) is 23.7 Å². The third-order valence-electron chi connectivity index (χ3n) is 3.47. The van der Waals surface area contributed by atoms with Crippen molar-refractivity contribution >= 4 is 5.91 Å². The Morgan fingerprint density at radius 1 is 1.59 bits per heavy atom. The summed E-state index contributed by atoms with van der Waals surface area (Å²) in [6.45, 7) is 3.83. The van der Waals surface area contributed by atoms with Gasteiger partial charge in [-0.25, -0.2) is 0 Å². The van der Waals surface area contributed by atoms with E-state index < -0.39 is 0 Å². The van der Waals surface area contributed by atoms with Gasteiger partial charge in [-0.05, 0) is 31.5 Å². The lowest BCUT2D eigenvalue weighted by Crippen LogP contribution is -2.49. The molecule has 0 aromatic carbocycles. The summed E-state index contributed by atoms with van der Waals surface area (Å²) in [5, 5.41) is 3.30. The second kappa shape index (κ2) is 5.27. The number of nitrogens with zero attached hydrogens (tertiary/aromatic N) is 2. The second-order valence-electron chi connectivity index (χ2n) is 4.65. The average molecular weight is 233 g/mol. The zero-order valence-corrected chi connectivity index (χ0v) is 10.4. The Balaban J connectivity index is 2.03. The minimum atomic E-state index is 0.0968. The number of carbonyl (C=O) groups excluding carboxylic acids is 1. The lowest BCUT2D eigenvalue weighted by atomic mass is 9.93. The molecule has 2 atom stereocenters. The summed E-state index contributed by atoms with van der Waals surface area (Å²) in [5.41, 5.74) is 0.683. The first kappa shape index (κ1) is 12.0. The van der Waals surface area contributed by atoms with Gasteiger partial charge >= 0.3 is 0 Å². The predicted molar refractivity (Wildman–Crippen MR) is 66.8 cm³/mol. The molecule has 1 saturated heterocycles. The number of likely N-dealkylation sites (tertiary alicyclic amines) is 1. The number of rotatable bonds is 2.